The van der Waals surface area contributed by atoms with Gasteiger partial charge in [-0.2, -0.15) is 5.26 Å². The number of nitrogens with zero attached hydrogens (tertiary/aromatic N) is 4. The van der Waals surface area contributed by atoms with Gasteiger partial charge in [0.05, 0.1) is 11.9 Å². The van der Waals surface area contributed by atoms with E-state index in [1.54, 1.807) is 6.20 Å². The zero-order valence-electron chi connectivity index (χ0n) is 11.3. The molecule has 2 heterocycles. The summed E-state index contributed by atoms with van der Waals surface area (Å²) in [7, 11) is 0. The summed E-state index contributed by atoms with van der Waals surface area (Å²) in [5.41, 5.74) is 3.06. The maximum Gasteiger partial charge on any atom is 0.144 e. The fourth-order valence-electron chi connectivity index (χ4n) is 2.58. The SMILES string of the molecule is N#Cc1cc2c(nc1NCCCn1ccnc1)CCC2. The zero-order chi connectivity index (χ0) is 13.8. The number of aryl methyl sites for hydroxylation is 3. The van der Waals surface area contributed by atoms with Crippen LogP contribution in [-0.2, 0) is 19.4 Å². The lowest BCUT2D eigenvalue weighted by molar-refractivity contribution is 0.660. The number of fused-ring (bicyclic) bond motifs is 1. The first-order chi connectivity index (χ1) is 9.86. The summed E-state index contributed by atoms with van der Waals surface area (Å²) >= 11 is 0. The second kappa shape index (κ2) is 5.74. The third kappa shape index (κ3) is 2.64. The molecule has 20 heavy (non-hydrogen) atoms. The summed E-state index contributed by atoms with van der Waals surface area (Å²) in [6, 6.07) is 4.23. The lowest BCUT2D eigenvalue weighted by Gasteiger charge is -2.10. The molecule has 0 aliphatic heterocycles. The monoisotopic (exact) mass is 267 g/mol. The van der Waals surface area contributed by atoms with E-state index >= 15 is 0 Å². The van der Waals surface area contributed by atoms with Gasteiger partial charge in [0.15, 0.2) is 0 Å². The van der Waals surface area contributed by atoms with Crippen LogP contribution in [0.4, 0.5) is 5.82 Å². The molecule has 0 amide bonds. The number of pyridine rings is 1. The minimum Gasteiger partial charge on any atom is -0.369 e. The van der Waals surface area contributed by atoms with Crippen molar-refractivity contribution in [3.63, 3.8) is 0 Å². The average Bonchev–Trinajstić information content (AvgIpc) is 3.13. The van der Waals surface area contributed by atoms with Crippen LogP contribution < -0.4 is 5.32 Å². The van der Waals surface area contributed by atoms with E-state index in [9.17, 15) is 5.26 Å². The predicted molar refractivity (Wildman–Crippen MR) is 76.3 cm³/mol. The lowest BCUT2D eigenvalue weighted by Crippen LogP contribution is -2.09. The Morgan fingerprint density at radius 1 is 1.40 bits per heavy atom. The number of anilines is 1. The summed E-state index contributed by atoms with van der Waals surface area (Å²) in [6.45, 7) is 1.72. The van der Waals surface area contributed by atoms with Crippen LogP contribution in [0.15, 0.2) is 24.8 Å². The maximum absolute atomic E-state index is 9.21. The topological polar surface area (TPSA) is 66.5 Å². The first-order valence-corrected chi connectivity index (χ1v) is 6.99. The fourth-order valence-corrected chi connectivity index (χ4v) is 2.58. The van der Waals surface area contributed by atoms with Crippen LogP contribution in [0.3, 0.4) is 0 Å². The van der Waals surface area contributed by atoms with Crippen LogP contribution in [0.5, 0.6) is 0 Å². The Balaban J connectivity index is 1.61. The molecule has 0 radical (unpaired) electrons. The number of rotatable bonds is 5. The number of imidazole rings is 1. The predicted octanol–water partition coefficient (Wildman–Crippen LogP) is 2.14. The van der Waals surface area contributed by atoms with E-state index < -0.39 is 0 Å². The molecule has 0 spiro atoms. The van der Waals surface area contributed by atoms with Crippen molar-refractivity contribution < 1.29 is 0 Å². The second-order valence-corrected chi connectivity index (χ2v) is 5.04. The Labute approximate surface area is 118 Å². The third-order valence-electron chi connectivity index (χ3n) is 3.62. The quantitative estimate of drug-likeness (QED) is 0.843. The number of nitrogens with one attached hydrogen (secondary N) is 1. The lowest BCUT2D eigenvalue weighted by atomic mass is 10.1. The van der Waals surface area contributed by atoms with Crippen LogP contribution in [0.1, 0.15) is 29.7 Å². The molecule has 0 unspecified atom stereocenters. The molecule has 0 bridgehead atoms. The van der Waals surface area contributed by atoms with Gasteiger partial charge in [-0.3, -0.25) is 0 Å². The molecule has 0 saturated heterocycles. The molecular weight excluding hydrogens is 250 g/mol. The fraction of sp³-hybridized carbons (Fsp3) is 0.400. The van der Waals surface area contributed by atoms with E-state index in [0.29, 0.717) is 5.56 Å². The summed E-state index contributed by atoms with van der Waals surface area (Å²) < 4.78 is 2.04. The van der Waals surface area contributed by atoms with Gasteiger partial charge < -0.3 is 9.88 Å². The molecule has 5 heteroatoms. The minimum absolute atomic E-state index is 0.660. The molecule has 0 aromatic carbocycles. The highest BCUT2D eigenvalue weighted by Crippen LogP contribution is 2.24. The van der Waals surface area contributed by atoms with Crippen LogP contribution >= 0.6 is 0 Å². The molecule has 102 valence electrons. The van der Waals surface area contributed by atoms with Gasteiger partial charge in [-0.1, -0.05) is 0 Å². The summed E-state index contributed by atoms with van der Waals surface area (Å²) in [5, 5.41) is 12.5. The molecule has 5 nitrogen and oxygen atoms in total. The average molecular weight is 267 g/mol. The highest BCUT2D eigenvalue weighted by molar-refractivity contribution is 5.55. The molecule has 2 aromatic heterocycles. The van der Waals surface area contributed by atoms with E-state index in [2.05, 4.69) is 21.4 Å². The van der Waals surface area contributed by atoms with E-state index in [1.807, 2.05) is 23.2 Å². The smallest absolute Gasteiger partial charge is 0.144 e. The molecule has 2 aromatic rings. The molecular formula is C15H17N5. The summed E-state index contributed by atoms with van der Waals surface area (Å²) in [5.74, 6) is 0.735. The van der Waals surface area contributed by atoms with Gasteiger partial charge in [-0.05, 0) is 37.3 Å². The van der Waals surface area contributed by atoms with Gasteiger partial charge in [0.1, 0.15) is 11.9 Å². The van der Waals surface area contributed by atoms with E-state index in [1.165, 1.54) is 5.56 Å². The molecule has 1 N–H and O–H groups in total. The summed E-state index contributed by atoms with van der Waals surface area (Å²) in [4.78, 5) is 8.62. The Morgan fingerprint density at radius 2 is 2.35 bits per heavy atom. The molecule has 1 aliphatic carbocycles. The number of nitriles is 1. The van der Waals surface area contributed by atoms with Crippen LogP contribution in [0.25, 0.3) is 0 Å². The normalized spacial score (nSPS) is 12.9. The van der Waals surface area contributed by atoms with Crippen molar-refractivity contribution in [3.05, 3.63) is 41.6 Å². The van der Waals surface area contributed by atoms with Crippen molar-refractivity contribution in [1.82, 2.24) is 14.5 Å². The van der Waals surface area contributed by atoms with Crippen LogP contribution in [-0.4, -0.2) is 21.1 Å². The van der Waals surface area contributed by atoms with Gasteiger partial charge in [0.2, 0.25) is 0 Å². The molecule has 0 atom stereocenters. The van der Waals surface area contributed by atoms with Gasteiger partial charge in [0.25, 0.3) is 0 Å². The molecule has 0 fully saturated rings. The highest BCUT2D eigenvalue weighted by atomic mass is 15.0. The molecule has 1 aliphatic rings. The van der Waals surface area contributed by atoms with Gasteiger partial charge in [-0.25, -0.2) is 9.97 Å². The number of aromatic nitrogens is 3. The van der Waals surface area contributed by atoms with E-state index in [-0.39, 0.29) is 0 Å². The Kier molecular flexibility index (Phi) is 3.64. The Bertz CT molecular complexity index is 624. The molecule has 3 rings (SSSR count). The maximum atomic E-state index is 9.21. The molecule has 0 saturated carbocycles. The Hall–Kier alpha value is -2.35. The van der Waals surface area contributed by atoms with Crippen molar-refractivity contribution in [3.8, 4) is 6.07 Å². The number of hydrogen-bond acceptors (Lipinski definition) is 4. The van der Waals surface area contributed by atoms with E-state index in [0.717, 1.165) is 50.3 Å². The highest BCUT2D eigenvalue weighted by Gasteiger charge is 2.15. The first-order valence-electron chi connectivity index (χ1n) is 6.99. The standard InChI is InChI=1S/C15H17N5/c16-10-13-9-12-3-1-4-14(12)19-15(13)18-5-2-7-20-8-6-17-11-20/h6,8-9,11H,1-5,7H2,(H,18,19). The van der Waals surface area contributed by atoms with Crippen molar-refractivity contribution in [2.24, 2.45) is 0 Å². The van der Waals surface area contributed by atoms with Gasteiger partial charge in [0, 0.05) is 31.2 Å². The minimum atomic E-state index is 0.660. The Morgan fingerprint density at radius 3 is 3.15 bits per heavy atom. The van der Waals surface area contributed by atoms with Crippen molar-refractivity contribution in [2.75, 3.05) is 11.9 Å². The van der Waals surface area contributed by atoms with Crippen molar-refractivity contribution >= 4 is 5.82 Å². The number of hydrogen-bond donors (Lipinski definition) is 1. The van der Waals surface area contributed by atoms with Crippen molar-refractivity contribution in [2.45, 2.75) is 32.2 Å². The largest absolute Gasteiger partial charge is 0.369 e. The van der Waals surface area contributed by atoms with Crippen LogP contribution in [0, 0.1) is 11.3 Å². The zero-order valence-corrected chi connectivity index (χ0v) is 11.3. The van der Waals surface area contributed by atoms with Crippen LogP contribution in [0.2, 0.25) is 0 Å². The third-order valence-corrected chi connectivity index (χ3v) is 3.62. The first kappa shape index (κ1) is 12.7. The van der Waals surface area contributed by atoms with Gasteiger partial charge in [-0.15, -0.1) is 0 Å². The van der Waals surface area contributed by atoms with E-state index in [4.69, 9.17) is 0 Å². The van der Waals surface area contributed by atoms with Crippen molar-refractivity contribution in [1.29, 1.82) is 5.26 Å². The second-order valence-electron chi connectivity index (χ2n) is 5.04. The summed E-state index contributed by atoms with van der Waals surface area (Å²) in [6.07, 6.45) is 9.76. The van der Waals surface area contributed by atoms with Gasteiger partial charge >= 0.3 is 0 Å².